The van der Waals surface area contributed by atoms with E-state index < -0.39 is 0 Å². The molecule has 0 bridgehead atoms. The largest absolute Gasteiger partial charge is 0.505 e. The van der Waals surface area contributed by atoms with E-state index in [9.17, 15) is 5.11 Å². The van der Waals surface area contributed by atoms with Gasteiger partial charge in [-0.25, -0.2) is 0 Å². The van der Waals surface area contributed by atoms with Gasteiger partial charge in [-0.05, 0) is 49.1 Å². The molecule has 0 atom stereocenters. The van der Waals surface area contributed by atoms with Gasteiger partial charge in [-0.15, -0.1) is 15.0 Å². The molecule has 1 N–H and O–H groups in total. The Balaban J connectivity index is 1.92. The van der Waals surface area contributed by atoms with Crippen LogP contribution >= 0.6 is 0 Å². The maximum Gasteiger partial charge on any atom is 0.146 e. The number of unbranched alkanes of at least 4 members (excludes halogenated alkanes) is 3. The van der Waals surface area contributed by atoms with Gasteiger partial charge in [0.15, 0.2) is 0 Å². The van der Waals surface area contributed by atoms with Crippen LogP contribution in [0.2, 0.25) is 0 Å². The number of aromatic hydroxyl groups is 1. The number of benzene rings is 2. The van der Waals surface area contributed by atoms with Crippen molar-refractivity contribution in [1.82, 2.24) is 15.0 Å². The van der Waals surface area contributed by atoms with E-state index in [2.05, 4.69) is 23.2 Å². The monoisotopic (exact) mass is 309 g/mol. The lowest BCUT2D eigenvalue weighted by Crippen LogP contribution is -2.01. The molecule has 4 nitrogen and oxygen atoms in total. The van der Waals surface area contributed by atoms with Crippen molar-refractivity contribution < 1.29 is 5.11 Å². The van der Waals surface area contributed by atoms with Crippen molar-refractivity contribution in [3.05, 3.63) is 47.5 Å². The van der Waals surface area contributed by atoms with Gasteiger partial charge in [-0.3, -0.25) is 0 Å². The molecule has 4 heteroatoms. The number of phenols is 1. The Morgan fingerprint density at radius 1 is 1.00 bits per heavy atom. The van der Waals surface area contributed by atoms with E-state index in [0.29, 0.717) is 5.69 Å². The highest BCUT2D eigenvalue weighted by molar-refractivity contribution is 5.73. The van der Waals surface area contributed by atoms with Gasteiger partial charge in [0.1, 0.15) is 22.5 Å². The second-order valence-corrected chi connectivity index (χ2v) is 6.07. The number of hydrogen-bond donors (Lipinski definition) is 1. The highest BCUT2D eigenvalue weighted by Gasteiger charge is 2.12. The summed E-state index contributed by atoms with van der Waals surface area (Å²) in [6.45, 7) is 4.15. The van der Waals surface area contributed by atoms with E-state index in [-0.39, 0.29) is 5.75 Å². The predicted molar refractivity (Wildman–Crippen MR) is 93.1 cm³/mol. The summed E-state index contributed by atoms with van der Waals surface area (Å²) < 4.78 is 0. The van der Waals surface area contributed by atoms with Crippen LogP contribution in [0.4, 0.5) is 0 Å². The normalized spacial score (nSPS) is 11.2. The lowest BCUT2D eigenvalue weighted by atomic mass is 10.0. The quantitative estimate of drug-likeness (QED) is 0.679. The van der Waals surface area contributed by atoms with E-state index in [1.807, 2.05) is 37.3 Å². The molecule has 0 fully saturated rings. The standard InChI is InChI=1S/C19H23N3O/c1-3-4-5-6-9-15-12-14(2)19(23)18(13-15)22-20-16-10-7-8-11-17(16)21-22/h7-8,10-13,23H,3-6,9H2,1-2H3. The van der Waals surface area contributed by atoms with Gasteiger partial charge in [0.05, 0.1) is 0 Å². The Kier molecular flexibility index (Phi) is 4.60. The molecule has 1 aromatic heterocycles. The number of hydrogen-bond acceptors (Lipinski definition) is 3. The van der Waals surface area contributed by atoms with Gasteiger partial charge >= 0.3 is 0 Å². The van der Waals surface area contributed by atoms with Gasteiger partial charge in [-0.1, -0.05) is 44.4 Å². The minimum Gasteiger partial charge on any atom is -0.505 e. The van der Waals surface area contributed by atoms with E-state index in [1.165, 1.54) is 31.2 Å². The number of rotatable bonds is 6. The van der Waals surface area contributed by atoms with Gasteiger partial charge < -0.3 is 5.11 Å². The summed E-state index contributed by atoms with van der Waals surface area (Å²) in [7, 11) is 0. The average Bonchev–Trinajstić information content (AvgIpc) is 2.98. The fourth-order valence-corrected chi connectivity index (χ4v) is 2.85. The van der Waals surface area contributed by atoms with Crippen molar-refractivity contribution in [3.8, 4) is 11.4 Å². The third-order valence-corrected chi connectivity index (χ3v) is 4.16. The van der Waals surface area contributed by atoms with E-state index in [0.717, 1.165) is 23.0 Å². The van der Waals surface area contributed by atoms with Crippen LogP contribution < -0.4 is 0 Å². The molecule has 0 amide bonds. The first-order chi connectivity index (χ1) is 11.2. The molecule has 1 heterocycles. The third-order valence-electron chi connectivity index (χ3n) is 4.16. The van der Waals surface area contributed by atoms with E-state index >= 15 is 0 Å². The minimum atomic E-state index is 0.252. The first kappa shape index (κ1) is 15.5. The fourth-order valence-electron chi connectivity index (χ4n) is 2.85. The molecule has 0 radical (unpaired) electrons. The Labute approximate surface area is 136 Å². The third kappa shape index (κ3) is 3.36. The molecule has 0 aliphatic rings. The minimum absolute atomic E-state index is 0.252. The van der Waals surface area contributed by atoms with Gasteiger partial charge in [-0.2, -0.15) is 0 Å². The second-order valence-electron chi connectivity index (χ2n) is 6.07. The van der Waals surface area contributed by atoms with E-state index in [4.69, 9.17) is 0 Å². The molecule has 3 aromatic rings. The summed E-state index contributed by atoms with van der Waals surface area (Å²) in [4.78, 5) is 1.54. The van der Waals surface area contributed by atoms with Crippen LogP contribution in [0.5, 0.6) is 5.75 Å². The molecule has 0 saturated heterocycles. The molecule has 2 aromatic carbocycles. The summed E-state index contributed by atoms with van der Waals surface area (Å²) in [6.07, 6.45) is 5.95. The molecule has 120 valence electrons. The molecule has 0 aliphatic heterocycles. The Hall–Kier alpha value is -2.36. The molecule has 0 saturated carbocycles. The van der Waals surface area contributed by atoms with Gasteiger partial charge in [0.25, 0.3) is 0 Å². The summed E-state index contributed by atoms with van der Waals surface area (Å²) in [5.74, 6) is 0.252. The van der Waals surface area contributed by atoms with Crippen LogP contribution in [-0.4, -0.2) is 20.1 Å². The number of nitrogens with zero attached hydrogens (tertiary/aromatic N) is 3. The molecule has 0 aliphatic carbocycles. The zero-order chi connectivity index (χ0) is 16.2. The predicted octanol–water partition coefficient (Wildman–Crippen LogP) is 4.56. The highest BCUT2D eigenvalue weighted by Crippen LogP contribution is 2.28. The van der Waals surface area contributed by atoms with Crippen molar-refractivity contribution in [1.29, 1.82) is 0 Å². The summed E-state index contributed by atoms with van der Waals surface area (Å²) in [6, 6.07) is 11.8. The van der Waals surface area contributed by atoms with Crippen LogP contribution in [0, 0.1) is 6.92 Å². The van der Waals surface area contributed by atoms with Crippen LogP contribution in [0.1, 0.15) is 43.7 Å². The SMILES string of the molecule is CCCCCCc1cc(C)c(O)c(-n2nc3ccccc3n2)c1. The van der Waals surface area contributed by atoms with Crippen molar-refractivity contribution in [2.45, 2.75) is 46.0 Å². The Bertz CT molecular complexity index is 774. The highest BCUT2D eigenvalue weighted by atomic mass is 16.3. The average molecular weight is 309 g/mol. The fraction of sp³-hybridized carbons (Fsp3) is 0.368. The topological polar surface area (TPSA) is 50.9 Å². The summed E-state index contributed by atoms with van der Waals surface area (Å²) in [5.41, 5.74) is 4.42. The molecular weight excluding hydrogens is 286 g/mol. The van der Waals surface area contributed by atoms with Crippen molar-refractivity contribution in [2.75, 3.05) is 0 Å². The first-order valence-electron chi connectivity index (χ1n) is 8.34. The van der Waals surface area contributed by atoms with Crippen molar-refractivity contribution in [2.24, 2.45) is 0 Å². The van der Waals surface area contributed by atoms with Crippen molar-refractivity contribution >= 4 is 11.0 Å². The van der Waals surface area contributed by atoms with Crippen LogP contribution in [0.15, 0.2) is 36.4 Å². The second kappa shape index (κ2) is 6.82. The summed E-state index contributed by atoms with van der Waals surface area (Å²) in [5, 5.41) is 19.4. The number of phenolic OH excluding ortho intramolecular Hbond substituents is 1. The van der Waals surface area contributed by atoms with Crippen LogP contribution in [0.3, 0.4) is 0 Å². The van der Waals surface area contributed by atoms with Crippen LogP contribution in [0.25, 0.3) is 16.7 Å². The number of aryl methyl sites for hydroxylation is 2. The number of fused-ring (bicyclic) bond motifs is 1. The molecule has 0 unspecified atom stereocenters. The maximum absolute atomic E-state index is 10.4. The molecular formula is C19H23N3O. The van der Waals surface area contributed by atoms with E-state index in [1.54, 1.807) is 4.80 Å². The van der Waals surface area contributed by atoms with Gasteiger partial charge in [0.2, 0.25) is 0 Å². The summed E-state index contributed by atoms with van der Waals surface area (Å²) >= 11 is 0. The van der Waals surface area contributed by atoms with Gasteiger partial charge in [0, 0.05) is 0 Å². The molecule has 0 spiro atoms. The zero-order valence-corrected chi connectivity index (χ0v) is 13.8. The smallest absolute Gasteiger partial charge is 0.146 e. The lowest BCUT2D eigenvalue weighted by Gasteiger charge is -2.10. The Morgan fingerprint density at radius 3 is 2.35 bits per heavy atom. The molecule has 3 rings (SSSR count). The number of aromatic nitrogens is 3. The Morgan fingerprint density at radius 2 is 1.70 bits per heavy atom. The van der Waals surface area contributed by atoms with Crippen LogP contribution in [-0.2, 0) is 6.42 Å². The van der Waals surface area contributed by atoms with Crippen molar-refractivity contribution in [3.63, 3.8) is 0 Å². The first-order valence-corrected chi connectivity index (χ1v) is 8.34. The molecule has 23 heavy (non-hydrogen) atoms. The zero-order valence-electron chi connectivity index (χ0n) is 13.8. The maximum atomic E-state index is 10.4. The lowest BCUT2D eigenvalue weighted by molar-refractivity contribution is 0.463.